The number of piperidine rings is 1. The molecule has 1 aliphatic heterocycles. The maximum absolute atomic E-state index is 11.8. The summed E-state index contributed by atoms with van der Waals surface area (Å²) < 4.78 is 0. The van der Waals surface area contributed by atoms with E-state index in [1.807, 2.05) is 18.2 Å². The lowest BCUT2D eigenvalue weighted by atomic mass is 10.1. The van der Waals surface area contributed by atoms with Gasteiger partial charge in [0.2, 0.25) is 0 Å². The van der Waals surface area contributed by atoms with E-state index in [1.54, 1.807) is 6.07 Å². The van der Waals surface area contributed by atoms with Crippen molar-refractivity contribution in [2.24, 2.45) is 0 Å². The first-order valence-electron chi connectivity index (χ1n) is 6.08. The maximum Gasteiger partial charge on any atom is 0.164 e. The molecule has 1 aromatic carbocycles. The van der Waals surface area contributed by atoms with Crippen molar-refractivity contribution in [3.8, 4) is 0 Å². The molecule has 2 nitrogen and oxygen atoms in total. The van der Waals surface area contributed by atoms with E-state index >= 15 is 0 Å². The second-order valence-electron chi connectivity index (χ2n) is 4.37. The first-order valence-corrected chi connectivity index (χ1v) is 6.08. The van der Waals surface area contributed by atoms with Gasteiger partial charge in [-0.2, -0.15) is 0 Å². The van der Waals surface area contributed by atoms with Gasteiger partial charge in [-0.1, -0.05) is 24.6 Å². The van der Waals surface area contributed by atoms with Gasteiger partial charge in [-0.3, -0.25) is 4.79 Å². The number of ketones is 1. The van der Waals surface area contributed by atoms with E-state index in [2.05, 4.69) is 11.0 Å². The Morgan fingerprint density at radius 2 is 2.12 bits per heavy atom. The number of likely N-dealkylation sites (tertiary alicyclic amines) is 1. The molecule has 1 aliphatic rings. The maximum atomic E-state index is 11.8. The van der Waals surface area contributed by atoms with Gasteiger partial charge >= 0.3 is 0 Å². The van der Waals surface area contributed by atoms with Crippen LogP contribution < -0.4 is 0 Å². The molecule has 2 heteroatoms. The molecule has 1 radical (unpaired) electrons. The van der Waals surface area contributed by atoms with Crippen LogP contribution in [0.3, 0.4) is 0 Å². The van der Waals surface area contributed by atoms with E-state index in [0.717, 1.165) is 25.2 Å². The first-order chi connectivity index (χ1) is 7.86. The minimum absolute atomic E-state index is 0.238. The lowest BCUT2D eigenvalue weighted by molar-refractivity contribution is 0.0958. The standard InChI is InChI=1S/C14H18NO/c16-14(13-7-3-1-4-8-13)9-12-15-10-5-2-6-11-15/h1,3,7-8H,2,5-6,9-12H2. The van der Waals surface area contributed by atoms with Gasteiger partial charge in [0, 0.05) is 18.5 Å². The van der Waals surface area contributed by atoms with Crippen molar-refractivity contribution in [1.82, 2.24) is 4.90 Å². The molecule has 0 atom stereocenters. The summed E-state index contributed by atoms with van der Waals surface area (Å²) in [7, 11) is 0. The van der Waals surface area contributed by atoms with Crippen molar-refractivity contribution in [3.05, 3.63) is 35.9 Å². The van der Waals surface area contributed by atoms with Crippen LogP contribution in [0, 0.1) is 6.07 Å². The van der Waals surface area contributed by atoms with Crippen LogP contribution >= 0.6 is 0 Å². The van der Waals surface area contributed by atoms with Crippen LogP contribution in [-0.4, -0.2) is 30.3 Å². The van der Waals surface area contributed by atoms with Gasteiger partial charge in [0.05, 0.1) is 0 Å². The van der Waals surface area contributed by atoms with Gasteiger partial charge in [-0.05, 0) is 38.1 Å². The van der Waals surface area contributed by atoms with Crippen LogP contribution in [0.5, 0.6) is 0 Å². The van der Waals surface area contributed by atoms with Crippen molar-refractivity contribution in [3.63, 3.8) is 0 Å². The zero-order valence-electron chi connectivity index (χ0n) is 9.61. The zero-order valence-corrected chi connectivity index (χ0v) is 9.61. The molecule has 1 fully saturated rings. The Kier molecular flexibility index (Phi) is 4.11. The molecule has 85 valence electrons. The summed E-state index contributed by atoms with van der Waals surface area (Å²) in [5.74, 6) is 0.238. The Bertz CT molecular complexity index is 328. The second kappa shape index (κ2) is 5.80. The average Bonchev–Trinajstić information content (AvgIpc) is 2.38. The van der Waals surface area contributed by atoms with Crippen molar-refractivity contribution < 1.29 is 4.79 Å². The molecule has 0 aromatic heterocycles. The largest absolute Gasteiger partial charge is 0.303 e. The molecule has 16 heavy (non-hydrogen) atoms. The van der Waals surface area contributed by atoms with Gasteiger partial charge < -0.3 is 4.90 Å². The summed E-state index contributed by atoms with van der Waals surface area (Å²) >= 11 is 0. The number of benzene rings is 1. The van der Waals surface area contributed by atoms with E-state index in [4.69, 9.17) is 0 Å². The molecule has 0 spiro atoms. The number of hydrogen-bond donors (Lipinski definition) is 0. The minimum Gasteiger partial charge on any atom is -0.303 e. The number of carbonyl (C=O) groups is 1. The highest BCUT2D eigenvalue weighted by Gasteiger charge is 2.12. The number of nitrogens with zero attached hydrogens (tertiary/aromatic N) is 1. The molecule has 1 heterocycles. The number of rotatable bonds is 4. The smallest absolute Gasteiger partial charge is 0.164 e. The van der Waals surface area contributed by atoms with Crippen LogP contribution in [0.4, 0.5) is 0 Å². The second-order valence-corrected chi connectivity index (χ2v) is 4.37. The zero-order chi connectivity index (χ0) is 11.2. The van der Waals surface area contributed by atoms with Crippen LogP contribution in [0.15, 0.2) is 24.3 Å². The van der Waals surface area contributed by atoms with E-state index in [-0.39, 0.29) is 5.78 Å². The summed E-state index contributed by atoms with van der Waals surface area (Å²) in [6, 6.07) is 10.3. The van der Waals surface area contributed by atoms with Gasteiger partial charge in [-0.25, -0.2) is 0 Å². The molecule has 0 amide bonds. The summed E-state index contributed by atoms with van der Waals surface area (Å²) in [5.41, 5.74) is 0.791. The minimum atomic E-state index is 0.238. The molecule has 0 saturated carbocycles. The third-order valence-electron chi connectivity index (χ3n) is 3.13. The SMILES string of the molecule is O=C(CCN1CCCCC1)c1c[c]ccc1. The lowest BCUT2D eigenvalue weighted by Gasteiger charge is -2.25. The van der Waals surface area contributed by atoms with Crippen LogP contribution in [0.25, 0.3) is 0 Å². The Morgan fingerprint density at radius 3 is 2.81 bits per heavy atom. The van der Waals surface area contributed by atoms with Gasteiger partial charge in [-0.15, -0.1) is 0 Å². The van der Waals surface area contributed by atoms with Gasteiger partial charge in [0.15, 0.2) is 5.78 Å². The predicted octanol–water partition coefficient (Wildman–Crippen LogP) is 2.55. The Labute approximate surface area is 97.3 Å². The fraction of sp³-hybridized carbons (Fsp3) is 0.500. The molecule has 0 bridgehead atoms. The van der Waals surface area contributed by atoms with Crippen molar-refractivity contribution in [2.75, 3.05) is 19.6 Å². The molecular formula is C14H18NO. The van der Waals surface area contributed by atoms with E-state index in [9.17, 15) is 4.79 Å². The van der Waals surface area contributed by atoms with Crippen LogP contribution in [-0.2, 0) is 0 Å². The summed E-state index contributed by atoms with van der Waals surface area (Å²) in [6.07, 6.45) is 4.55. The highest BCUT2D eigenvalue weighted by molar-refractivity contribution is 5.96. The highest BCUT2D eigenvalue weighted by Crippen LogP contribution is 2.10. The highest BCUT2D eigenvalue weighted by atomic mass is 16.1. The summed E-state index contributed by atoms with van der Waals surface area (Å²) in [5, 5.41) is 0. The average molecular weight is 216 g/mol. The molecular weight excluding hydrogens is 198 g/mol. The van der Waals surface area contributed by atoms with Crippen LogP contribution in [0.2, 0.25) is 0 Å². The Morgan fingerprint density at radius 1 is 1.31 bits per heavy atom. The predicted molar refractivity (Wildman–Crippen MR) is 64.5 cm³/mol. The Balaban J connectivity index is 1.79. The molecule has 0 N–H and O–H groups in total. The monoisotopic (exact) mass is 216 g/mol. The lowest BCUT2D eigenvalue weighted by Crippen LogP contribution is -2.31. The van der Waals surface area contributed by atoms with Crippen molar-refractivity contribution in [2.45, 2.75) is 25.7 Å². The molecule has 0 unspecified atom stereocenters. The van der Waals surface area contributed by atoms with Gasteiger partial charge in [0.1, 0.15) is 0 Å². The quantitative estimate of drug-likeness (QED) is 0.721. The van der Waals surface area contributed by atoms with Crippen molar-refractivity contribution >= 4 is 5.78 Å². The van der Waals surface area contributed by atoms with Crippen molar-refractivity contribution in [1.29, 1.82) is 0 Å². The number of hydrogen-bond acceptors (Lipinski definition) is 2. The fourth-order valence-corrected chi connectivity index (χ4v) is 2.15. The number of carbonyl (C=O) groups excluding carboxylic acids is 1. The normalized spacial score (nSPS) is 17.2. The van der Waals surface area contributed by atoms with E-state index < -0.39 is 0 Å². The van der Waals surface area contributed by atoms with Gasteiger partial charge in [0.25, 0.3) is 0 Å². The fourth-order valence-electron chi connectivity index (χ4n) is 2.15. The number of Topliss-reactive ketones (excluding diaryl/α,β-unsaturated/α-hetero) is 1. The summed E-state index contributed by atoms with van der Waals surface area (Å²) in [6.45, 7) is 3.23. The van der Waals surface area contributed by atoms with E-state index in [0.29, 0.717) is 6.42 Å². The summed E-state index contributed by atoms with van der Waals surface area (Å²) in [4.78, 5) is 14.2. The third kappa shape index (κ3) is 3.17. The van der Waals surface area contributed by atoms with E-state index in [1.165, 1.54) is 19.3 Å². The third-order valence-corrected chi connectivity index (χ3v) is 3.13. The van der Waals surface area contributed by atoms with Crippen LogP contribution in [0.1, 0.15) is 36.0 Å². The molecule has 1 saturated heterocycles. The molecule has 0 aliphatic carbocycles. The molecule has 1 aromatic rings. The molecule has 2 rings (SSSR count). The first kappa shape index (κ1) is 11.3. The topological polar surface area (TPSA) is 20.3 Å². The Hall–Kier alpha value is -1.15.